The van der Waals surface area contributed by atoms with E-state index in [0.717, 1.165) is 22.5 Å². The van der Waals surface area contributed by atoms with Gasteiger partial charge in [0.1, 0.15) is 0 Å². The van der Waals surface area contributed by atoms with E-state index in [0.29, 0.717) is 5.92 Å². The minimum atomic E-state index is 0.603. The standard InChI is InChI=1S/C17H20BrNS/c1-13(2)14-7-9-15(10-8-14)20-12-11-19-17-6-4-3-5-16(17)18/h3-10,13,19H,11-12H2,1-2H3. The Labute approximate surface area is 134 Å². The van der Waals surface area contributed by atoms with Gasteiger partial charge < -0.3 is 5.32 Å². The van der Waals surface area contributed by atoms with Crippen LogP contribution in [-0.2, 0) is 0 Å². The van der Waals surface area contributed by atoms with Crippen molar-refractivity contribution in [3.63, 3.8) is 0 Å². The van der Waals surface area contributed by atoms with Gasteiger partial charge in [-0.05, 0) is 51.7 Å². The molecule has 0 aliphatic rings. The second-order valence-electron chi connectivity index (χ2n) is 4.98. The Morgan fingerprint density at radius 2 is 1.75 bits per heavy atom. The van der Waals surface area contributed by atoms with E-state index < -0.39 is 0 Å². The highest BCUT2D eigenvalue weighted by Crippen LogP contribution is 2.23. The van der Waals surface area contributed by atoms with E-state index in [9.17, 15) is 0 Å². The van der Waals surface area contributed by atoms with E-state index in [2.05, 4.69) is 71.5 Å². The van der Waals surface area contributed by atoms with E-state index in [1.54, 1.807) is 0 Å². The zero-order valence-electron chi connectivity index (χ0n) is 11.9. The van der Waals surface area contributed by atoms with Gasteiger partial charge in [-0.2, -0.15) is 0 Å². The number of halogens is 1. The van der Waals surface area contributed by atoms with Crippen LogP contribution in [0, 0.1) is 0 Å². The Bertz CT molecular complexity index is 537. The summed E-state index contributed by atoms with van der Waals surface area (Å²) in [4.78, 5) is 1.34. The summed E-state index contributed by atoms with van der Waals surface area (Å²) < 4.78 is 1.12. The van der Waals surface area contributed by atoms with Gasteiger partial charge in [0.2, 0.25) is 0 Å². The largest absolute Gasteiger partial charge is 0.383 e. The van der Waals surface area contributed by atoms with Crippen molar-refractivity contribution in [2.75, 3.05) is 17.6 Å². The molecular formula is C17H20BrNS. The van der Waals surface area contributed by atoms with Crippen LogP contribution in [0.5, 0.6) is 0 Å². The number of benzene rings is 2. The molecule has 0 aliphatic carbocycles. The molecule has 0 saturated carbocycles. The van der Waals surface area contributed by atoms with Crippen LogP contribution in [0.3, 0.4) is 0 Å². The van der Waals surface area contributed by atoms with Gasteiger partial charge in [-0.25, -0.2) is 0 Å². The van der Waals surface area contributed by atoms with Gasteiger partial charge in [0.15, 0.2) is 0 Å². The number of hydrogen-bond donors (Lipinski definition) is 1. The fourth-order valence-electron chi connectivity index (χ4n) is 1.91. The fourth-order valence-corrected chi connectivity index (χ4v) is 3.10. The van der Waals surface area contributed by atoms with Crippen molar-refractivity contribution in [2.24, 2.45) is 0 Å². The molecule has 1 N–H and O–H groups in total. The first-order valence-corrected chi connectivity index (χ1v) is 8.66. The Hall–Kier alpha value is -0.930. The number of para-hydroxylation sites is 1. The van der Waals surface area contributed by atoms with Crippen molar-refractivity contribution in [3.05, 3.63) is 58.6 Å². The zero-order chi connectivity index (χ0) is 14.4. The van der Waals surface area contributed by atoms with Crippen LogP contribution in [0.2, 0.25) is 0 Å². The molecule has 0 heterocycles. The summed E-state index contributed by atoms with van der Waals surface area (Å²) in [7, 11) is 0. The number of rotatable bonds is 6. The van der Waals surface area contributed by atoms with Crippen LogP contribution < -0.4 is 5.32 Å². The minimum absolute atomic E-state index is 0.603. The van der Waals surface area contributed by atoms with E-state index in [4.69, 9.17) is 0 Å². The maximum absolute atomic E-state index is 3.55. The predicted octanol–water partition coefficient (Wildman–Crippen LogP) is 5.78. The van der Waals surface area contributed by atoms with Gasteiger partial charge in [0.05, 0.1) is 0 Å². The number of anilines is 1. The lowest BCUT2D eigenvalue weighted by atomic mass is 10.0. The van der Waals surface area contributed by atoms with Crippen molar-refractivity contribution in [2.45, 2.75) is 24.7 Å². The van der Waals surface area contributed by atoms with Gasteiger partial charge in [-0.1, -0.05) is 38.1 Å². The molecule has 0 spiro atoms. The molecule has 0 saturated heterocycles. The second kappa shape index (κ2) is 7.75. The van der Waals surface area contributed by atoms with Crippen LogP contribution in [0.1, 0.15) is 25.3 Å². The summed E-state index contributed by atoms with van der Waals surface area (Å²) >= 11 is 5.43. The molecule has 0 amide bonds. The first-order valence-electron chi connectivity index (χ1n) is 6.88. The molecule has 0 aliphatic heterocycles. The molecule has 1 nitrogen and oxygen atoms in total. The average Bonchev–Trinajstić information content (AvgIpc) is 2.46. The topological polar surface area (TPSA) is 12.0 Å². The summed E-state index contributed by atoms with van der Waals surface area (Å²) in [6.07, 6.45) is 0. The summed E-state index contributed by atoms with van der Waals surface area (Å²) in [6, 6.07) is 17.1. The maximum Gasteiger partial charge on any atom is 0.0484 e. The van der Waals surface area contributed by atoms with E-state index in [-0.39, 0.29) is 0 Å². The number of nitrogens with one attached hydrogen (secondary N) is 1. The Morgan fingerprint density at radius 1 is 1.05 bits per heavy atom. The highest BCUT2D eigenvalue weighted by molar-refractivity contribution is 9.10. The van der Waals surface area contributed by atoms with Crippen molar-refractivity contribution in [1.82, 2.24) is 0 Å². The first-order chi connectivity index (χ1) is 9.66. The molecule has 20 heavy (non-hydrogen) atoms. The molecule has 0 bridgehead atoms. The van der Waals surface area contributed by atoms with E-state index >= 15 is 0 Å². The maximum atomic E-state index is 3.55. The highest BCUT2D eigenvalue weighted by Gasteiger charge is 2.00. The third-order valence-electron chi connectivity index (χ3n) is 3.11. The molecule has 0 unspecified atom stereocenters. The molecule has 0 fully saturated rings. The monoisotopic (exact) mass is 349 g/mol. The summed E-state index contributed by atoms with van der Waals surface area (Å²) in [5, 5.41) is 3.45. The lowest BCUT2D eigenvalue weighted by molar-refractivity contribution is 0.865. The smallest absolute Gasteiger partial charge is 0.0484 e. The predicted molar refractivity (Wildman–Crippen MR) is 93.9 cm³/mol. The van der Waals surface area contributed by atoms with Gasteiger partial charge >= 0.3 is 0 Å². The van der Waals surface area contributed by atoms with Gasteiger partial charge in [0.25, 0.3) is 0 Å². The van der Waals surface area contributed by atoms with E-state index in [1.165, 1.54) is 10.5 Å². The van der Waals surface area contributed by atoms with Crippen LogP contribution in [0.15, 0.2) is 57.9 Å². The molecule has 0 radical (unpaired) electrons. The molecule has 2 aromatic rings. The first kappa shape index (κ1) is 15.5. The summed E-state index contributed by atoms with van der Waals surface area (Å²) in [5.41, 5.74) is 2.56. The molecule has 2 aromatic carbocycles. The molecular weight excluding hydrogens is 330 g/mol. The fraction of sp³-hybridized carbons (Fsp3) is 0.294. The average molecular weight is 350 g/mol. The Morgan fingerprint density at radius 3 is 2.40 bits per heavy atom. The number of thioether (sulfide) groups is 1. The van der Waals surface area contributed by atoms with Crippen LogP contribution >= 0.6 is 27.7 Å². The molecule has 0 aromatic heterocycles. The van der Waals surface area contributed by atoms with Gasteiger partial charge in [0, 0.05) is 27.4 Å². The van der Waals surface area contributed by atoms with Crippen molar-refractivity contribution >= 4 is 33.4 Å². The lowest BCUT2D eigenvalue weighted by Crippen LogP contribution is -2.04. The number of hydrogen-bond acceptors (Lipinski definition) is 2. The molecule has 2 rings (SSSR count). The molecule has 3 heteroatoms. The van der Waals surface area contributed by atoms with Gasteiger partial charge in [-0.3, -0.25) is 0 Å². The summed E-state index contributed by atoms with van der Waals surface area (Å²) in [6.45, 7) is 5.41. The van der Waals surface area contributed by atoms with Crippen LogP contribution in [0.4, 0.5) is 5.69 Å². The zero-order valence-corrected chi connectivity index (χ0v) is 14.3. The minimum Gasteiger partial charge on any atom is -0.383 e. The third-order valence-corrected chi connectivity index (χ3v) is 4.81. The van der Waals surface area contributed by atoms with E-state index in [1.807, 2.05) is 23.9 Å². The van der Waals surface area contributed by atoms with Gasteiger partial charge in [-0.15, -0.1) is 11.8 Å². The normalized spacial score (nSPS) is 10.8. The quantitative estimate of drug-likeness (QED) is 0.524. The van der Waals surface area contributed by atoms with Crippen molar-refractivity contribution < 1.29 is 0 Å². The molecule has 0 atom stereocenters. The van der Waals surface area contributed by atoms with Crippen LogP contribution in [0.25, 0.3) is 0 Å². The SMILES string of the molecule is CC(C)c1ccc(SCCNc2ccccc2Br)cc1. The Balaban J connectivity index is 1.77. The third kappa shape index (κ3) is 4.57. The summed E-state index contributed by atoms with van der Waals surface area (Å²) in [5.74, 6) is 1.66. The van der Waals surface area contributed by atoms with Crippen LogP contribution in [-0.4, -0.2) is 12.3 Å². The van der Waals surface area contributed by atoms with Crippen molar-refractivity contribution in [3.8, 4) is 0 Å². The van der Waals surface area contributed by atoms with Crippen molar-refractivity contribution in [1.29, 1.82) is 0 Å². The lowest BCUT2D eigenvalue weighted by Gasteiger charge is -2.09. The molecule has 106 valence electrons. The Kier molecular flexibility index (Phi) is 5.99. The second-order valence-corrected chi connectivity index (χ2v) is 7.00. The highest BCUT2D eigenvalue weighted by atomic mass is 79.9.